The van der Waals surface area contributed by atoms with E-state index in [2.05, 4.69) is 32.4 Å². The van der Waals surface area contributed by atoms with Gasteiger partial charge in [-0.15, -0.1) is 0 Å². The maximum atomic E-state index is 12.2. The Morgan fingerprint density at radius 1 is 1.16 bits per heavy atom. The second kappa shape index (κ2) is 8.48. The van der Waals surface area contributed by atoms with Crippen LogP contribution in [0.25, 0.3) is 10.8 Å². The Balaban J connectivity index is 1.47. The molecule has 7 heteroatoms. The number of aromatic nitrogens is 2. The van der Waals surface area contributed by atoms with Gasteiger partial charge in [0.2, 0.25) is 5.91 Å². The van der Waals surface area contributed by atoms with E-state index in [1.54, 1.807) is 12.4 Å². The van der Waals surface area contributed by atoms with Crippen LogP contribution in [0.1, 0.15) is 36.0 Å². The molecule has 3 N–H and O–H groups in total. The van der Waals surface area contributed by atoms with Gasteiger partial charge in [0.15, 0.2) is 0 Å². The van der Waals surface area contributed by atoms with Crippen LogP contribution in [0.5, 0.6) is 5.75 Å². The second-order valence-corrected chi connectivity index (χ2v) is 8.18. The highest BCUT2D eigenvalue weighted by Crippen LogP contribution is 2.31. The number of hydrogen-bond donors (Lipinski definition) is 3. The van der Waals surface area contributed by atoms with Crippen molar-refractivity contribution >= 4 is 28.3 Å². The van der Waals surface area contributed by atoms with Crippen molar-refractivity contribution in [2.75, 3.05) is 24.3 Å². The third-order valence-corrected chi connectivity index (χ3v) is 5.84. The number of aliphatic hydroxyl groups excluding tert-OH is 1. The first-order valence-corrected chi connectivity index (χ1v) is 10.8. The smallest absolute Gasteiger partial charge is 0.228 e. The number of hydrogen-bond acceptors (Lipinski definition) is 6. The molecule has 2 aromatic heterocycles. The van der Waals surface area contributed by atoms with Crippen molar-refractivity contribution in [3.05, 3.63) is 53.3 Å². The van der Waals surface area contributed by atoms with Crippen LogP contribution >= 0.6 is 0 Å². The summed E-state index contributed by atoms with van der Waals surface area (Å²) < 4.78 is 5.79. The molecule has 0 spiro atoms. The monoisotopic (exact) mass is 428 g/mol. The quantitative estimate of drug-likeness (QED) is 0.553. The van der Waals surface area contributed by atoms with E-state index in [1.165, 1.54) is 0 Å². The highest BCUT2D eigenvalue weighted by atomic mass is 16.5. The zero-order valence-electron chi connectivity index (χ0n) is 17.8. The van der Waals surface area contributed by atoms with Crippen LogP contribution in [-0.2, 0) is 11.2 Å². The molecule has 0 bridgehead atoms. The summed E-state index contributed by atoms with van der Waals surface area (Å²) >= 11 is 0. The maximum Gasteiger partial charge on any atom is 0.228 e. The fourth-order valence-corrected chi connectivity index (χ4v) is 3.87. The van der Waals surface area contributed by atoms with Crippen molar-refractivity contribution in [2.45, 2.75) is 31.8 Å². The maximum absolute atomic E-state index is 12.2. The minimum atomic E-state index is -0.134. The Bertz CT molecular complexity index is 1260. The number of pyridine rings is 2. The van der Waals surface area contributed by atoms with Gasteiger partial charge in [-0.2, -0.15) is 0 Å². The molecule has 162 valence electrons. The van der Waals surface area contributed by atoms with Crippen LogP contribution in [0.4, 0.5) is 11.6 Å². The first kappa shape index (κ1) is 20.3. The number of carbonyl (C=O) groups is 1. The van der Waals surface area contributed by atoms with Gasteiger partial charge in [0.05, 0.1) is 12.2 Å². The summed E-state index contributed by atoms with van der Waals surface area (Å²) in [6.07, 6.45) is 6.85. The lowest BCUT2D eigenvalue weighted by atomic mass is 10.00. The molecule has 3 aromatic rings. The summed E-state index contributed by atoms with van der Waals surface area (Å²) in [6, 6.07) is 7.73. The first-order chi connectivity index (χ1) is 15.6. The van der Waals surface area contributed by atoms with Crippen molar-refractivity contribution in [2.24, 2.45) is 5.92 Å². The van der Waals surface area contributed by atoms with E-state index < -0.39 is 0 Å². The van der Waals surface area contributed by atoms with E-state index >= 15 is 0 Å². The Hall–Kier alpha value is -3.63. The lowest BCUT2D eigenvalue weighted by Crippen LogP contribution is -2.26. The molecule has 5 rings (SSSR count). The Morgan fingerprint density at radius 2 is 2.03 bits per heavy atom. The van der Waals surface area contributed by atoms with Gasteiger partial charge in [0.25, 0.3) is 0 Å². The minimum Gasteiger partial charge on any atom is -0.488 e. The summed E-state index contributed by atoms with van der Waals surface area (Å²) in [5.41, 5.74) is 2.75. The van der Waals surface area contributed by atoms with E-state index in [0.29, 0.717) is 11.6 Å². The van der Waals surface area contributed by atoms with Crippen LogP contribution in [0.3, 0.4) is 0 Å². The number of fused-ring (bicyclic) bond motifs is 2. The molecule has 32 heavy (non-hydrogen) atoms. The van der Waals surface area contributed by atoms with E-state index in [0.717, 1.165) is 58.9 Å². The first-order valence-electron chi connectivity index (χ1n) is 10.8. The third kappa shape index (κ3) is 4.10. The third-order valence-electron chi connectivity index (χ3n) is 5.84. The summed E-state index contributed by atoms with van der Waals surface area (Å²) in [6.45, 7) is 0.0294. The van der Waals surface area contributed by atoms with E-state index in [9.17, 15) is 9.90 Å². The summed E-state index contributed by atoms with van der Waals surface area (Å²) in [5, 5.41) is 17.0. The number of nitrogens with zero attached hydrogens (tertiary/aromatic N) is 2. The number of carbonyl (C=O) groups excluding carboxylic acids is 1. The predicted octanol–water partition coefficient (Wildman–Crippen LogP) is 3.11. The van der Waals surface area contributed by atoms with Gasteiger partial charge in [-0.3, -0.25) is 4.79 Å². The van der Waals surface area contributed by atoms with Crippen LogP contribution in [0.15, 0.2) is 36.7 Å². The number of aryl methyl sites for hydroxylation is 1. The highest BCUT2D eigenvalue weighted by molar-refractivity contribution is 5.99. The number of anilines is 2. The van der Waals surface area contributed by atoms with Crippen molar-refractivity contribution in [1.82, 2.24) is 9.97 Å². The number of benzene rings is 1. The largest absolute Gasteiger partial charge is 0.488 e. The number of ether oxygens (including phenoxy) is 1. The fraction of sp³-hybridized carbons (Fsp3) is 0.320. The molecule has 7 nitrogen and oxygen atoms in total. The predicted molar refractivity (Wildman–Crippen MR) is 123 cm³/mol. The summed E-state index contributed by atoms with van der Waals surface area (Å²) in [4.78, 5) is 21.0. The molecular formula is C25H24N4O3. The van der Waals surface area contributed by atoms with Gasteiger partial charge >= 0.3 is 0 Å². The normalized spacial score (nSPS) is 17.0. The average Bonchev–Trinajstić information content (AvgIpc) is 3.67. The molecule has 0 radical (unpaired) electrons. The SMILES string of the molecule is CNc1ncc(C#Cc2ccc3c(c2)CCC(CO)O3)c2cc(NC(=O)C3CC3)ncc12. The number of aliphatic hydroxyl groups is 1. The van der Waals surface area contributed by atoms with Gasteiger partial charge < -0.3 is 20.5 Å². The molecule has 1 atom stereocenters. The topological polar surface area (TPSA) is 96.4 Å². The molecule has 1 aromatic carbocycles. The minimum absolute atomic E-state index is 0.0205. The zero-order chi connectivity index (χ0) is 22.1. The standard InChI is InChI=1S/C25H24N4O3/c1-26-24-21-13-27-23(29-25(31)16-5-6-16)11-20(21)18(12-28-24)4-2-15-3-9-22-17(10-15)7-8-19(14-30)32-22/h3,9-13,16,19,30H,5-8,14H2,1H3,(H,26,28)(H,27,29,31). The van der Waals surface area contributed by atoms with Gasteiger partial charge in [0.1, 0.15) is 23.5 Å². The number of nitrogens with one attached hydrogen (secondary N) is 2. The van der Waals surface area contributed by atoms with E-state index in [1.807, 2.05) is 31.3 Å². The van der Waals surface area contributed by atoms with Crippen molar-refractivity contribution < 1.29 is 14.6 Å². The molecule has 1 amide bonds. The lowest BCUT2D eigenvalue weighted by Gasteiger charge is -2.24. The number of rotatable bonds is 4. The lowest BCUT2D eigenvalue weighted by molar-refractivity contribution is -0.117. The van der Waals surface area contributed by atoms with Gasteiger partial charge in [-0.05, 0) is 55.5 Å². The Kier molecular flexibility index (Phi) is 5.38. The van der Waals surface area contributed by atoms with Crippen molar-refractivity contribution in [3.63, 3.8) is 0 Å². The summed E-state index contributed by atoms with van der Waals surface area (Å²) in [7, 11) is 1.81. The van der Waals surface area contributed by atoms with Crippen LogP contribution < -0.4 is 15.4 Å². The number of amides is 1. The molecule has 1 saturated carbocycles. The molecule has 1 fully saturated rings. The van der Waals surface area contributed by atoms with Crippen molar-refractivity contribution in [3.8, 4) is 17.6 Å². The molecule has 0 saturated heterocycles. The summed E-state index contributed by atoms with van der Waals surface area (Å²) in [5.74, 6) is 8.64. The van der Waals surface area contributed by atoms with Gasteiger partial charge in [-0.25, -0.2) is 9.97 Å². The molecule has 1 aliphatic carbocycles. The molecule has 3 heterocycles. The highest BCUT2D eigenvalue weighted by Gasteiger charge is 2.29. The Morgan fingerprint density at radius 3 is 2.81 bits per heavy atom. The van der Waals surface area contributed by atoms with Crippen molar-refractivity contribution in [1.29, 1.82) is 0 Å². The van der Waals surface area contributed by atoms with Gasteiger partial charge in [0, 0.05) is 41.7 Å². The molecule has 1 unspecified atom stereocenters. The molecular weight excluding hydrogens is 404 g/mol. The molecule has 1 aliphatic heterocycles. The second-order valence-electron chi connectivity index (χ2n) is 8.18. The fourth-order valence-electron chi connectivity index (χ4n) is 3.87. The average molecular weight is 428 g/mol. The van der Waals surface area contributed by atoms with E-state index in [-0.39, 0.29) is 24.5 Å². The van der Waals surface area contributed by atoms with E-state index in [4.69, 9.17) is 4.74 Å². The molecule has 2 aliphatic rings. The Labute approximate surface area is 186 Å². The van der Waals surface area contributed by atoms with Gasteiger partial charge in [-0.1, -0.05) is 11.8 Å². The van der Waals surface area contributed by atoms with Crippen LogP contribution in [-0.4, -0.2) is 40.7 Å². The van der Waals surface area contributed by atoms with Crippen LogP contribution in [0, 0.1) is 17.8 Å². The van der Waals surface area contributed by atoms with Crippen LogP contribution in [0.2, 0.25) is 0 Å². The zero-order valence-corrected chi connectivity index (χ0v) is 17.8.